The van der Waals surface area contributed by atoms with Gasteiger partial charge < -0.3 is 19.9 Å². The summed E-state index contributed by atoms with van der Waals surface area (Å²) in [5.41, 5.74) is 3.66. The van der Waals surface area contributed by atoms with Crippen LogP contribution in [0.3, 0.4) is 0 Å². The molecule has 1 aromatic heterocycles. The van der Waals surface area contributed by atoms with Crippen LogP contribution >= 0.6 is 0 Å². The summed E-state index contributed by atoms with van der Waals surface area (Å²) in [5.74, 6) is -0.632. The van der Waals surface area contributed by atoms with E-state index in [-0.39, 0.29) is 11.4 Å². The van der Waals surface area contributed by atoms with E-state index in [1.807, 2.05) is 4.98 Å². The summed E-state index contributed by atoms with van der Waals surface area (Å²) in [6.07, 6.45) is 0.863. The first-order chi connectivity index (χ1) is 14.1. The van der Waals surface area contributed by atoms with Gasteiger partial charge in [-0.3, -0.25) is 19.1 Å². The number of carbonyl (C=O) groups is 2. The third kappa shape index (κ3) is 5.28. The maximum atomic E-state index is 12.3. The molecule has 0 bridgehead atoms. The summed E-state index contributed by atoms with van der Waals surface area (Å²) in [4.78, 5) is 49.9. The smallest absolute Gasteiger partial charge is 0.338 e. The molecule has 0 amide bonds. The van der Waals surface area contributed by atoms with Crippen molar-refractivity contribution in [3.63, 3.8) is 0 Å². The highest BCUT2D eigenvalue weighted by Crippen LogP contribution is 2.28. The maximum absolute atomic E-state index is 12.3. The lowest BCUT2D eigenvalue weighted by atomic mass is 10.1. The van der Waals surface area contributed by atoms with Crippen LogP contribution in [0.4, 0.5) is 5.82 Å². The summed E-state index contributed by atoms with van der Waals surface area (Å²) in [6, 6.07) is 4.49. The van der Waals surface area contributed by atoms with E-state index in [0.29, 0.717) is 24.0 Å². The van der Waals surface area contributed by atoms with E-state index in [4.69, 9.17) is 19.9 Å². The fourth-order valence-electron chi connectivity index (χ4n) is 2.51. The number of H-pyrrole nitrogens is 1. The molecule has 3 N–H and O–H groups in total. The Morgan fingerprint density at radius 2 is 1.90 bits per heavy atom. The van der Waals surface area contributed by atoms with Crippen LogP contribution in [-0.2, 0) is 11.8 Å². The number of benzene rings is 1. The molecule has 0 aliphatic carbocycles. The average molecular weight is 419 g/mol. The van der Waals surface area contributed by atoms with Crippen LogP contribution in [0.25, 0.3) is 0 Å². The summed E-state index contributed by atoms with van der Waals surface area (Å²) in [7, 11) is 2.74. The van der Waals surface area contributed by atoms with Gasteiger partial charge in [0.2, 0.25) is 5.78 Å². The van der Waals surface area contributed by atoms with E-state index in [1.54, 1.807) is 6.07 Å². The van der Waals surface area contributed by atoms with Gasteiger partial charge in [0.05, 0.1) is 19.3 Å². The van der Waals surface area contributed by atoms with Gasteiger partial charge in [-0.1, -0.05) is 13.8 Å². The molecular weight excluding hydrogens is 394 g/mol. The fourth-order valence-corrected chi connectivity index (χ4v) is 2.51. The predicted molar refractivity (Wildman–Crippen MR) is 109 cm³/mol. The van der Waals surface area contributed by atoms with Crippen molar-refractivity contribution in [2.24, 2.45) is 13.0 Å². The van der Waals surface area contributed by atoms with Crippen molar-refractivity contribution >= 4 is 17.6 Å². The van der Waals surface area contributed by atoms with Crippen LogP contribution in [0.1, 0.15) is 41.0 Å². The zero-order valence-corrected chi connectivity index (χ0v) is 17.3. The fraction of sp³-hybridized carbons (Fsp3) is 0.400. The number of ketones is 1. The molecule has 0 aliphatic rings. The molecule has 0 atom stereocenters. The van der Waals surface area contributed by atoms with E-state index in [1.165, 1.54) is 26.3 Å². The second kappa shape index (κ2) is 9.77. The highest BCUT2D eigenvalue weighted by molar-refractivity contribution is 6.02. The van der Waals surface area contributed by atoms with Gasteiger partial charge in [0, 0.05) is 7.05 Å². The lowest BCUT2D eigenvalue weighted by molar-refractivity contribution is 0.0474. The summed E-state index contributed by atoms with van der Waals surface area (Å²) < 4.78 is 16.8. The van der Waals surface area contributed by atoms with Gasteiger partial charge in [0.15, 0.2) is 18.1 Å². The number of rotatable bonds is 9. The second-order valence-corrected chi connectivity index (χ2v) is 6.97. The van der Waals surface area contributed by atoms with Crippen LogP contribution in [0, 0.1) is 5.92 Å². The highest BCUT2D eigenvalue weighted by atomic mass is 16.5. The van der Waals surface area contributed by atoms with Crippen molar-refractivity contribution in [2.75, 3.05) is 26.1 Å². The van der Waals surface area contributed by atoms with E-state index >= 15 is 0 Å². The quantitative estimate of drug-likeness (QED) is 0.455. The Balaban J connectivity index is 2.10. The standard InChI is InChI=1S/C20H25N3O7/c1-11(2)7-8-29-14-6-5-12(9-15(14)28-4)19(26)30-10-13(24)16-17(21)23(3)20(27)22-18(16)25/h5-6,9,11H,7-8,10,21H2,1-4H3,(H,22,25,27). The molecule has 0 radical (unpaired) electrons. The van der Waals surface area contributed by atoms with Gasteiger partial charge in [-0.25, -0.2) is 9.59 Å². The van der Waals surface area contributed by atoms with Crippen LogP contribution in [0.5, 0.6) is 11.5 Å². The van der Waals surface area contributed by atoms with E-state index in [9.17, 15) is 19.2 Å². The van der Waals surface area contributed by atoms with Crippen LogP contribution in [0.2, 0.25) is 0 Å². The molecule has 0 fully saturated rings. The van der Waals surface area contributed by atoms with Crippen LogP contribution in [0.15, 0.2) is 27.8 Å². The molecule has 1 heterocycles. The number of ether oxygens (including phenoxy) is 3. The largest absolute Gasteiger partial charge is 0.493 e. The molecule has 0 aliphatic heterocycles. The SMILES string of the molecule is COc1cc(C(=O)OCC(=O)c2c(N)n(C)c(=O)[nH]c2=O)ccc1OCCC(C)C. The minimum absolute atomic E-state index is 0.137. The molecular formula is C20H25N3O7. The number of nitrogens with one attached hydrogen (secondary N) is 1. The number of hydrogen-bond donors (Lipinski definition) is 2. The lowest BCUT2D eigenvalue weighted by Crippen LogP contribution is -2.35. The van der Waals surface area contributed by atoms with Crippen molar-refractivity contribution in [3.8, 4) is 11.5 Å². The van der Waals surface area contributed by atoms with Crippen molar-refractivity contribution in [1.82, 2.24) is 9.55 Å². The first kappa shape index (κ1) is 22.7. The third-order valence-electron chi connectivity index (χ3n) is 4.33. The summed E-state index contributed by atoms with van der Waals surface area (Å²) >= 11 is 0. The Hall–Kier alpha value is -3.56. The van der Waals surface area contributed by atoms with Crippen molar-refractivity contribution in [1.29, 1.82) is 0 Å². The molecule has 0 unspecified atom stereocenters. The third-order valence-corrected chi connectivity index (χ3v) is 4.33. The zero-order chi connectivity index (χ0) is 22.4. The zero-order valence-electron chi connectivity index (χ0n) is 17.3. The number of nitrogens with two attached hydrogens (primary N) is 1. The van der Waals surface area contributed by atoms with Crippen molar-refractivity contribution in [2.45, 2.75) is 20.3 Å². The van der Waals surface area contributed by atoms with E-state index in [2.05, 4.69) is 13.8 Å². The number of hydrogen-bond acceptors (Lipinski definition) is 8. The van der Waals surface area contributed by atoms with Crippen LogP contribution in [-0.4, -0.2) is 41.6 Å². The van der Waals surface area contributed by atoms with E-state index < -0.39 is 35.2 Å². The normalized spacial score (nSPS) is 10.7. The molecule has 0 saturated heterocycles. The minimum atomic E-state index is -0.943. The molecule has 2 rings (SSSR count). The van der Waals surface area contributed by atoms with Gasteiger partial charge >= 0.3 is 11.7 Å². The van der Waals surface area contributed by atoms with Crippen molar-refractivity contribution < 1.29 is 23.8 Å². The maximum Gasteiger partial charge on any atom is 0.338 e. The first-order valence-electron chi connectivity index (χ1n) is 9.25. The number of nitrogens with zero attached hydrogens (tertiary/aromatic N) is 1. The first-order valence-corrected chi connectivity index (χ1v) is 9.25. The summed E-state index contributed by atoms with van der Waals surface area (Å²) in [6.45, 7) is 3.94. The molecule has 0 saturated carbocycles. The average Bonchev–Trinajstić information content (AvgIpc) is 2.70. The number of nitrogen functional groups attached to an aromatic ring is 1. The molecule has 2 aromatic rings. The van der Waals surface area contributed by atoms with E-state index in [0.717, 1.165) is 11.0 Å². The van der Waals surface area contributed by atoms with Gasteiger partial charge in [0.25, 0.3) is 5.56 Å². The number of aromatic amines is 1. The number of anilines is 1. The topological polar surface area (TPSA) is 143 Å². The number of methoxy groups -OCH3 is 1. The predicted octanol–water partition coefficient (Wildman–Crippen LogP) is 1.13. The molecule has 10 heteroatoms. The molecule has 30 heavy (non-hydrogen) atoms. The summed E-state index contributed by atoms with van der Waals surface area (Å²) in [5, 5.41) is 0. The number of esters is 1. The monoisotopic (exact) mass is 419 g/mol. The van der Waals surface area contributed by atoms with Gasteiger partial charge in [0.1, 0.15) is 11.4 Å². The van der Waals surface area contributed by atoms with Crippen molar-refractivity contribution in [3.05, 3.63) is 50.2 Å². The molecule has 10 nitrogen and oxygen atoms in total. The van der Waals surface area contributed by atoms with Crippen LogP contribution < -0.4 is 26.5 Å². The highest BCUT2D eigenvalue weighted by Gasteiger charge is 2.20. The molecule has 0 spiro atoms. The van der Waals surface area contributed by atoms with Gasteiger partial charge in [-0.2, -0.15) is 0 Å². The molecule has 1 aromatic carbocycles. The Morgan fingerprint density at radius 3 is 2.53 bits per heavy atom. The lowest BCUT2D eigenvalue weighted by Gasteiger charge is -2.13. The Morgan fingerprint density at radius 1 is 1.20 bits per heavy atom. The minimum Gasteiger partial charge on any atom is -0.493 e. The number of Topliss-reactive ketones (excluding diaryl/α,β-unsaturated/α-hetero) is 1. The Labute approximate surface area is 172 Å². The molecule has 162 valence electrons. The van der Waals surface area contributed by atoms with Gasteiger partial charge in [-0.05, 0) is 30.5 Å². The Bertz CT molecular complexity index is 1050. The van der Waals surface area contributed by atoms with Gasteiger partial charge in [-0.15, -0.1) is 0 Å². The number of aromatic nitrogens is 2. The second-order valence-electron chi connectivity index (χ2n) is 6.97. The number of carbonyl (C=O) groups excluding carboxylic acids is 2. The Kier molecular flexibility index (Phi) is 7.40.